The zero-order chi connectivity index (χ0) is 30.9. The summed E-state index contributed by atoms with van der Waals surface area (Å²) in [5.74, 6) is -7.80. The molecule has 0 heterocycles. The molecule has 0 bridgehead atoms. The van der Waals surface area contributed by atoms with Gasteiger partial charge in [0.2, 0.25) is 0 Å². The Balaban J connectivity index is 3.92. The molecule has 20 heteroatoms. The van der Waals surface area contributed by atoms with Crippen molar-refractivity contribution in [3.63, 3.8) is 0 Å². The minimum absolute atomic E-state index is 0.170. The molecule has 0 radical (unpaired) electrons. The molecule has 0 rings (SSSR count). The molecule has 40 heavy (non-hydrogen) atoms. The van der Waals surface area contributed by atoms with Gasteiger partial charge in [0.1, 0.15) is 45.4 Å². The minimum atomic E-state index is -4.59. The third kappa shape index (κ3) is 20.7. The Hall–Kier alpha value is -1.10. The van der Waals surface area contributed by atoms with E-state index < -0.39 is 102 Å². The average molecular weight is 622 g/mol. The maximum Gasteiger partial charge on any atom is 0.383 e. The summed E-state index contributed by atoms with van der Waals surface area (Å²) in [5, 5.41) is 27.2. The molecule has 0 aromatic heterocycles. The van der Waals surface area contributed by atoms with Gasteiger partial charge in [-0.3, -0.25) is 4.74 Å². The molecule has 0 aromatic rings. The Morgan fingerprint density at radius 2 is 1.02 bits per heavy atom. The van der Waals surface area contributed by atoms with E-state index in [1.807, 2.05) is 0 Å². The molecule has 2 unspecified atom stereocenters. The van der Waals surface area contributed by atoms with E-state index in [0.717, 1.165) is 0 Å². The largest absolute Gasteiger partial charge is 0.390 e. The summed E-state index contributed by atoms with van der Waals surface area (Å²) in [4.78, 5) is 0. The molecule has 2 atom stereocenters. The standard InChI is InChI=1S/C20H32F10O10/c21-16(22)18(25,26)10-37-7-15(33)8-38-11-19(27,28)40-20(29,30)12-39-13-36-4-3-35-6-14(32)5-34-2-1-17(23,24)9-31/h14-16,31-33H,1-13H2. The highest BCUT2D eigenvalue weighted by atomic mass is 19.3. The molecule has 242 valence electrons. The Kier molecular flexibility index (Phi) is 18.6. The number of halogens is 10. The lowest BCUT2D eigenvalue weighted by molar-refractivity contribution is -0.396. The van der Waals surface area contributed by atoms with Crippen molar-refractivity contribution < 1.29 is 92.4 Å². The van der Waals surface area contributed by atoms with Gasteiger partial charge in [0, 0.05) is 6.42 Å². The van der Waals surface area contributed by atoms with E-state index in [4.69, 9.17) is 19.3 Å². The number of hydrogen-bond acceptors (Lipinski definition) is 10. The number of ether oxygens (including phenoxy) is 7. The van der Waals surface area contributed by atoms with Crippen molar-refractivity contribution in [2.45, 2.75) is 49.1 Å². The van der Waals surface area contributed by atoms with Gasteiger partial charge in [-0.15, -0.1) is 0 Å². The zero-order valence-electron chi connectivity index (χ0n) is 20.9. The van der Waals surface area contributed by atoms with Crippen LogP contribution in [0.4, 0.5) is 43.9 Å². The molecule has 0 amide bonds. The maximum absolute atomic E-state index is 13.5. The number of aliphatic hydroxyl groups is 3. The molecule has 0 aliphatic heterocycles. The summed E-state index contributed by atoms with van der Waals surface area (Å²) < 4.78 is 159. The Morgan fingerprint density at radius 1 is 0.575 bits per heavy atom. The van der Waals surface area contributed by atoms with E-state index in [2.05, 4.69) is 18.9 Å². The molecule has 0 aromatic carbocycles. The topological polar surface area (TPSA) is 125 Å². The fourth-order valence-electron chi connectivity index (χ4n) is 2.22. The first-order valence-corrected chi connectivity index (χ1v) is 11.3. The molecule has 3 N–H and O–H groups in total. The number of hydrogen-bond donors (Lipinski definition) is 3. The molecule has 0 aliphatic rings. The van der Waals surface area contributed by atoms with Gasteiger partial charge in [-0.05, 0) is 0 Å². The lowest BCUT2D eigenvalue weighted by Gasteiger charge is -2.24. The van der Waals surface area contributed by atoms with Crippen LogP contribution in [0.25, 0.3) is 0 Å². The van der Waals surface area contributed by atoms with Crippen molar-refractivity contribution in [3.05, 3.63) is 0 Å². The third-order valence-electron chi connectivity index (χ3n) is 4.08. The van der Waals surface area contributed by atoms with Gasteiger partial charge < -0.3 is 43.7 Å². The highest BCUT2D eigenvalue weighted by Crippen LogP contribution is 2.28. The second kappa shape index (κ2) is 19.2. The van der Waals surface area contributed by atoms with E-state index >= 15 is 0 Å². The predicted octanol–water partition coefficient (Wildman–Crippen LogP) is 1.89. The Labute approximate surface area is 222 Å². The van der Waals surface area contributed by atoms with E-state index in [9.17, 15) is 54.1 Å². The third-order valence-corrected chi connectivity index (χ3v) is 4.08. The summed E-state index contributed by atoms with van der Waals surface area (Å²) in [6, 6.07) is 0. The maximum atomic E-state index is 13.5. The van der Waals surface area contributed by atoms with Crippen molar-refractivity contribution in [2.24, 2.45) is 0 Å². The normalized spacial score (nSPS) is 15.2. The second-order valence-electron chi connectivity index (χ2n) is 8.06. The van der Waals surface area contributed by atoms with Gasteiger partial charge in [-0.1, -0.05) is 0 Å². The van der Waals surface area contributed by atoms with Crippen molar-refractivity contribution in [2.75, 3.05) is 79.5 Å². The molecule has 0 spiro atoms. The molecular formula is C20H32F10O10. The predicted molar refractivity (Wildman–Crippen MR) is 111 cm³/mol. The van der Waals surface area contributed by atoms with E-state index in [0.29, 0.717) is 0 Å². The van der Waals surface area contributed by atoms with Crippen LogP contribution in [0.15, 0.2) is 0 Å². The van der Waals surface area contributed by atoms with E-state index in [-0.39, 0.29) is 26.4 Å². The summed E-state index contributed by atoms with van der Waals surface area (Å²) >= 11 is 0. The molecular weight excluding hydrogens is 590 g/mol. The summed E-state index contributed by atoms with van der Waals surface area (Å²) in [6.07, 6.45) is -16.9. The van der Waals surface area contributed by atoms with Crippen LogP contribution in [-0.4, -0.2) is 137 Å². The monoisotopic (exact) mass is 622 g/mol. The van der Waals surface area contributed by atoms with Crippen LogP contribution in [0.1, 0.15) is 6.42 Å². The lowest BCUT2D eigenvalue weighted by Crippen LogP contribution is -2.40. The number of aliphatic hydroxyl groups excluding tert-OH is 3. The highest BCUT2D eigenvalue weighted by Gasteiger charge is 2.45. The lowest BCUT2D eigenvalue weighted by atomic mass is 10.3. The Morgan fingerprint density at radius 3 is 1.55 bits per heavy atom. The first-order valence-electron chi connectivity index (χ1n) is 11.3. The zero-order valence-corrected chi connectivity index (χ0v) is 20.9. The van der Waals surface area contributed by atoms with Gasteiger partial charge in [0.15, 0.2) is 0 Å². The second-order valence-corrected chi connectivity index (χ2v) is 8.06. The van der Waals surface area contributed by atoms with Crippen LogP contribution < -0.4 is 0 Å². The van der Waals surface area contributed by atoms with E-state index in [1.54, 1.807) is 0 Å². The molecule has 0 saturated heterocycles. The minimum Gasteiger partial charge on any atom is -0.390 e. The van der Waals surface area contributed by atoms with Crippen LogP contribution in [0.3, 0.4) is 0 Å². The summed E-state index contributed by atoms with van der Waals surface area (Å²) in [5.41, 5.74) is 0. The smallest absolute Gasteiger partial charge is 0.383 e. The first-order chi connectivity index (χ1) is 18.4. The molecule has 0 fully saturated rings. The summed E-state index contributed by atoms with van der Waals surface area (Å²) in [7, 11) is 0. The van der Waals surface area contributed by atoms with Crippen molar-refractivity contribution in [1.29, 1.82) is 0 Å². The average Bonchev–Trinajstić information content (AvgIpc) is 2.82. The molecule has 10 nitrogen and oxygen atoms in total. The quantitative estimate of drug-likeness (QED) is 0.0749. The van der Waals surface area contributed by atoms with Crippen LogP contribution in [0.2, 0.25) is 0 Å². The van der Waals surface area contributed by atoms with Gasteiger partial charge in [0.25, 0.3) is 5.92 Å². The molecule has 0 aliphatic carbocycles. The van der Waals surface area contributed by atoms with Crippen molar-refractivity contribution >= 4 is 0 Å². The highest BCUT2D eigenvalue weighted by molar-refractivity contribution is 4.68. The molecule has 0 saturated carbocycles. The van der Waals surface area contributed by atoms with Gasteiger partial charge >= 0.3 is 24.6 Å². The van der Waals surface area contributed by atoms with Gasteiger partial charge in [-0.2, -0.15) is 26.3 Å². The van der Waals surface area contributed by atoms with E-state index in [1.165, 1.54) is 0 Å². The first kappa shape index (κ1) is 38.9. The van der Waals surface area contributed by atoms with Crippen LogP contribution >= 0.6 is 0 Å². The number of alkyl halides is 10. The fraction of sp³-hybridized carbons (Fsp3) is 1.00. The van der Waals surface area contributed by atoms with Crippen molar-refractivity contribution in [3.8, 4) is 0 Å². The van der Waals surface area contributed by atoms with Crippen LogP contribution in [0.5, 0.6) is 0 Å². The van der Waals surface area contributed by atoms with Crippen molar-refractivity contribution in [1.82, 2.24) is 0 Å². The van der Waals surface area contributed by atoms with Gasteiger partial charge in [-0.25, -0.2) is 17.6 Å². The van der Waals surface area contributed by atoms with Crippen LogP contribution in [0, 0.1) is 0 Å². The Bertz CT molecular complexity index is 649. The summed E-state index contributed by atoms with van der Waals surface area (Å²) in [6.45, 7) is -10.8. The SMILES string of the molecule is OCC(F)(F)CCOCC(O)COCCOCOCC(F)(F)OC(F)(F)COCC(O)COCC(F)(F)C(F)F. The van der Waals surface area contributed by atoms with Gasteiger partial charge in [0.05, 0.1) is 46.2 Å². The van der Waals surface area contributed by atoms with Crippen LogP contribution in [-0.2, 0) is 33.2 Å². The number of rotatable bonds is 26. The fourth-order valence-corrected chi connectivity index (χ4v) is 2.22.